The van der Waals surface area contributed by atoms with E-state index in [1.807, 2.05) is 6.92 Å². The number of hydrogen-bond donors (Lipinski definition) is 1. The predicted molar refractivity (Wildman–Crippen MR) is 53.0 cm³/mol. The van der Waals surface area contributed by atoms with Gasteiger partial charge in [-0.15, -0.1) is 0 Å². The van der Waals surface area contributed by atoms with Crippen LogP contribution >= 0.6 is 0 Å². The number of ketones is 1. The van der Waals surface area contributed by atoms with E-state index >= 15 is 0 Å². The molecule has 1 saturated heterocycles. The topological polar surface area (TPSA) is 32.3 Å². The fourth-order valence-electron chi connectivity index (χ4n) is 1.59. The number of hydrogen-bond acceptors (Lipinski definition) is 3. The number of rotatable bonds is 3. The number of hydrazine groups is 1. The lowest BCUT2D eigenvalue weighted by Gasteiger charge is -2.28. The van der Waals surface area contributed by atoms with Gasteiger partial charge in [-0.25, -0.2) is 5.01 Å². The number of carbonyl (C=O) groups excluding carboxylic acids is 1. The number of nitrogens with zero attached hydrogens (tertiary/aromatic N) is 1. The Balaban J connectivity index is 2.33. The molecule has 1 rings (SSSR count). The molecule has 0 aromatic heterocycles. The van der Waals surface area contributed by atoms with Crippen molar-refractivity contribution >= 4 is 5.78 Å². The van der Waals surface area contributed by atoms with Crippen molar-refractivity contribution in [3.8, 4) is 0 Å². The van der Waals surface area contributed by atoms with Gasteiger partial charge in [0.15, 0.2) is 5.78 Å². The third kappa shape index (κ3) is 4.08. The fourth-order valence-corrected chi connectivity index (χ4v) is 1.59. The van der Waals surface area contributed by atoms with Crippen molar-refractivity contribution in [3.05, 3.63) is 11.8 Å². The van der Waals surface area contributed by atoms with Crippen molar-refractivity contribution in [2.45, 2.75) is 33.1 Å². The second-order valence-corrected chi connectivity index (χ2v) is 3.60. The molecule has 0 aromatic rings. The van der Waals surface area contributed by atoms with E-state index in [9.17, 15) is 4.79 Å². The zero-order chi connectivity index (χ0) is 9.68. The van der Waals surface area contributed by atoms with E-state index in [1.54, 1.807) is 13.0 Å². The average molecular weight is 182 g/mol. The Bertz CT molecular complexity index is 205. The highest BCUT2D eigenvalue weighted by Gasteiger charge is 2.08. The number of carbonyl (C=O) groups is 1. The van der Waals surface area contributed by atoms with Crippen LogP contribution in [0.3, 0.4) is 0 Å². The molecule has 0 atom stereocenters. The highest BCUT2D eigenvalue weighted by atomic mass is 16.1. The van der Waals surface area contributed by atoms with E-state index < -0.39 is 0 Å². The first-order valence-electron chi connectivity index (χ1n) is 4.89. The van der Waals surface area contributed by atoms with E-state index in [2.05, 4.69) is 10.4 Å². The summed E-state index contributed by atoms with van der Waals surface area (Å²) in [6, 6.07) is 0. The first kappa shape index (κ1) is 10.3. The van der Waals surface area contributed by atoms with E-state index in [4.69, 9.17) is 0 Å². The normalized spacial score (nSPS) is 20.0. The molecule has 1 fully saturated rings. The molecule has 1 aliphatic heterocycles. The van der Waals surface area contributed by atoms with Gasteiger partial charge >= 0.3 is 0 Å². The minimum atomic E-state index is 0.0991. The van der Waals surface area contributed by atoms with Crippen LogP contribution < -0.4 is 5.43 Å². The second-order valence-electron chi connectivity index (χ2n) is 3.60. The van der Waals surface area contributed by atoms with E-state index in [0.717, 1.165) is 18.8 Å². The maximum Gasteiger partial charge on any atom is 0.154 e. The maximum atomic E-state index is 10.8. The zero-order valence-corrected chi connectivity index (χ0v) is 8.47. The molecule has 0 spiro atoms. The standard InChI is InChI=1S/C10H18N2O/c1-9(8-10(2)13)11-12-6-4-3-5-7-12/h8,11H,3-7H2,1-2H3/b9-8-. The van der Waals surface area contributed by atoms with Gasteiger partial charge in [0.05, 0.1) is 0 Å². The molecule has 0 aliphatic carbocycles. The predicted octanol–water partition coefficient (Wildman–Crippen LogP) is 1.47. The largest absolute Gasteiger partial charge is 0.323 e. The van der Waals surface area contributed by atoms with Gasteiger partial charge in [0.25, 0.3) is 0 Å². The third-order valence-electron chi connectivity index (χ3n) is 2.11. The number of nitrogens with one attached hydrogen (secondary N) is 1. The summed E-state index contributed by atoms with van der Waals surface area (Å²) in [7, 11) is 0. The van der Waals surface area contributed by atoms with Gasteiger partial charge in [-0.2, -0.15) is 0 Å². The average Bonchev–Trinajstić information content (AvgIpc) is 2.04. The summed E-state index contributed by atoms with van der Waals surface area (Å²) < 4.78 is 0. The Morgan fingerprint density at radius 1 is 1.23 bits per heavy atom. The molecule has 1 heterocycles. The summed E-state index contributed by atoms with van der Waals surface area (Å²) >= 11 is 0. The van der Waals surface area contributed by atoms with Crippen LogP contribution in [-0.2, 0) is 4.79 Å². The van der Waals surface area contributed by atoms with E-state index in [0.29, 0.717) is 0 Å². The van der Waals surface area contributed by atoms with Crippen LogP contribution in [-0.4, -0.2) is 23.9 Å². The highest BCUT2D eigenvalue weighted by Crippen LogP contribution is 2.06. The van der Waals surface area contributed by atoms with Gasteiger partial charge in [0, 0.05) is 24.9 Å². The molecule has 74 valence electrons. The van der Waals surface area contributed by atoms with E-state index in [1.165, 1.54) is 19.3 Å². The molecule has 0 unspecified atom stereocenters. The Morgan fingerprint density at radius 2 is 1.85 bits per heavy atom. The summed E-state index contributed by atoms with van der Waals surface area (Å²) in [5.41, 5.74) is 4.16. The fraction of sp³-hybridized carbons (Fsp3) is 0.700. The molecule has 0 amide bonds. The van der Waals surface area contributed by atoms with Gasteiger partial charge in [0.1, 0.15) is 0 Å². The molecule has 3 nitrogen and oxygen atoms in total. The summed E-state index contributed by atoms with van der Waals surface area (Å²) in [5.74, 6) is 0.0991. The van der Waals surface area contributed by atoms with Gasteiger partial charge in [0.2, 0.25) is 0 Å². The minimum Gasteiger partial charge on any atom is -0.323 e. The van der Waals surface area contributed by atoms with Crippen molar-refractivity contribution in [1.82, 2.24) is 10.4 Å². The SMILES string of the molecule is CC(=O)/C=C(/C)NN1CCCCC1. The van der Waals surface area contributed by atoms with Gasteiger partial charge < -0.3 is 5.43 Å². The summed E-state index contributed by atoms with van der Waals surface area (Å²) in [6.45, 7) is 5.67. The molecular weight excluding hydrogens is 164 g/mol. The van der Waals surface area contributed by atoms with Crippen molar-refractivity contribution in [1.29, 1.82) is 0 Å². The van der Waals surface area contributed by atoms with Gasteiger partial charge in [-0.05, 0) is 26.7 Å². The first-order valence-corrected chi connectivity index (χ1v) is 4.89. The minimum absolute atomic E-state index is 0.0991. The molecular formula is C10H18N2O. The van der Waals surface area contributed by atoms with Crippen LogP contribution in [0.4, 0.5) is 0 Å². The van der Waals surface area contributed by atoms with Crippen LogP contribution in [0.2, 0.25) is 0 Å². The molecule has 0 bridgehead atoms. The Kier molecular flexibility index (Phi) is 3.96. The smallest absolute Gasteiger partial charge is 0.154 e. The lowest BCUT2D eigenvalue weighted by Crippen LogP contribution is -2.40. The van der Waals surface area contributed by atoms with E-state index in [-0.39, 0.29) is 5.78 Å². The zero-order valence-electron chi connectivity index (χ0n) is 8.47. The molecule has 0 aromatic carbocycles. The van der Waals surface area contributed by atoms with Crippen molar-refractivity contribution in [3.63, 3.8) is 0 Å². The Labute approximate surface area is 79.8 Å². The first-order chi connectivity index (χ1) is 6.18. The Hall–Kier alpha value is -0.830. The second kappa shape index (κ2) is 5.02. The monoisotopic (exact) mass is 182 g/mol. The third-order valence-corrected chi connectivity index (χ3v) is 2.11. The molecule has 13 heavy (non-hydrogen) atoms. The van der Waals surface area contributed by atoms with Crippen LogP contribution in [0.1, 0.15) is 33.1 Å². The molecule has 3 heteroatoms. The lowest BCUT2D eigenvalue weighted by atomic mass is 10.2. The summed E-state index contributed by atoms with van der Waals surface area (Å²) in [4.78, 5) is 10.8. The van der Waals surface area contributed by atoms with Gasteiger partial charge in [-0.1, -0.05) is 6.42 Å². The van der Waals surface area contributed by atoms with Crippen LogP contribution in [0.5, 0.6) is 0 Å². The van der Waals surface area contributed by atoms with Crippen molar-refractivity contribution in [2.24, 2.45) is 0 Å². The van der Waals surface area contributed by atoms with Crippen LogP contribution in [0.25, 0.3) is 0 Å². The number of piperidine rings is 1. The molecule has 1 N–H and O–H groups in total. The molecule has 1 aliphatic rings. The van der Waals surface area contributed by atoms with Gasteiger partial charge in [-0.3, -0.25) is 4.79 Å². The van der Waals surface area contributed by atoms with Crippen LogP contribution in [0.15, 0.2) is 11.8 Å². The molecule has 0 radical (unpaired) electrons. The van der Waals surface area contributed by atoms with Crippen molar-refractivity contribution in [2.75, 3.05) is 13.1 Å². The maximum absolute atomic E-state index is 10.8. The summed E-state index contributed by atoms with van der Waals surface area (Å²) in [5, 5.41) is 2.18. The summed E-state index contributed by atoms with van der Waals surface area (Å²) in [6.07, 6.45) is 5.46. The number of allylic oxidation sites excluding steroid dienone is 2. The lowest BCUT2D eigenvalue weighted by molar-refractivity contribution is -0.112. The van der Waals surface area contributed by atoms with Crippen molar-refractivity contribution < 1.29 is 4.79 Å². The Morgan fingerprint density at radius 3 is 2.38 bits per heavy atom. The van der Waals surface area contributed by atoms with Crippen LogP contribution in [0, 0.1) is 0 Å². The highest BCUT2D eigenvalue weighted by molar-refractivity contribution is 5.87. The quantitative estimate of drug-likeness (QED) is 0.671. The molecule has 0 saturated carbocycles.